The summed E-state index contributed by atoms with van der Waals surface area (Å²) >= 11 is 0. The summed E-state index contributed by atoms with van der Waals surface area (Å²) in [4.78, 5) is 32.7. The first kappa shape index (κ1) is 17.4. The van der Waals surface area contributed by atoms with Crippen molar-refractivity contribution in [2.75, 3.05) is 19.6 Å². The largest absolute Gasteiger partial charge is 0.343 e. The zero-order valence-corrected chi connectivity index (χ0v) is 13.6. The van der Waals surface area contributed by atoms with Crippen molar-refractivity contribution >= 4 is 5.91 Å². The molecular formula is C15H26N4O2. The van der Waals surface area contributed by atoms with Crippen molar-refractivity contribution in [1.29, 1.82) is 0 Å². The lowest BCUT2D eigenvalue weighted by atomic mass is 10.1. The summed E-state index contributed by atoms with van der Waals surface area (Å²) in [6, 6.07) is -0.133. The number of amides is 1. The van der Waals surface area contributed by atoms with E-state index in [0.29, 0.717) is 24.4 Å². The van der Waals surface area contributed by atoms with Gasteiger partial charge in [-0.2, -0.15) is 0 Å². The highest BCUT2D eigenvalue weighted by Crippen LogP contribution is 2.10. The Labute approximate surface area is 126 Å². The predicted octanol–water partition coefficient (Wildman–Crippen LogP) is 1.30. The van der Waals surface area contributed by atoms with Crippen LogP contribution in [0.3, 0.4) is 0 Å². The third-order valence-electron chi connectivity index (χ3n) is 3.60. The zero-order valence-electron chi connectivity index (χ0n) is 13.6. The number of aromatic amines is 1. The minimum Gasteiger partial charge on any atom is -0.343 e. The van der Waals surface area contributed by atoms with Crippen LogP contribution in [-0.4, -0.2) is 40.4 Å². The predicted molar refractivity (Wildman–Crippen MR) is 83.3 cm³/mol. The molecule has 1 aromatic rings. The Kier molecular flexibility index (Phi) is 6.55. The van der Waals surface area contributed by atoms with E-state index in [4.69, 9.17) is 0 Å². The van der Waals surface area contributed by atoms with Gasteiger partial charge in [-0.3, -0.25) is 9.59 Å². The molecule has 1 atom stereocenters. The van der Waals surface area contributed by atoms with Crippen LogP contribution < -0.4 is 10.9 Å². The summed E-state index contributed by atoms with van der Waals surface area (Å²) in [5.74, 6) is 0.748. The monoisotopic (exact) mass is 294 g/mol. The fourth-order valence-corrected chi connectivity index (χ4v) is 2.48. The molecule has 118 valence electrons. The van der Waals surface area contributed by atoms with E-state index in [9.17, 15) is 9.59 Å². The molecule has 1 aromatic heterocycles. The molecule has 21 heavy (non-hydrogen) atoms. The van der Waals surface area contributed by atoms with Crippen molar-refractivity contribution in [3.63, 3.8) is 0 Å². The minimum absolute atomic E-state index is 0.116. The fourth-order valence-electron chi connectivity index (χ4n) is 2.48. The molecule has 1 unspecified atom stereocenters. The van der Waals surface area contributed by atoms with Crippen LogP contribution in [0.1, 0.15) is 50.3 Å². The Morgan fingerprint density at radius 1 is 1.33 bits per heavy atom. The second-order valence-electron chi connectivity index (χ2n) is 5.14. The van der Waals surface area contributed by atoms with Crippen molar-refractivity contribution in [3.05, 3.63) is 27.4 Å². The van der Waals surface area contributed by atoms with Gasteiger partial charge in [0.05, 0.1) is 5.56 Å². The Hall–Kier alpha value is -1.69. The number of rotatable bonds is 7. The van der Waals surface area contributed by atoms with Gasteiger partial charge in [-0.05, 0) is 34.6 Å². The van der Waals surface area contributed by atoms with E-state index in [1.54, 1.807) is 11.8 Å². The first-order valence-corrected chi connectivity index (χ1v) is 7.49. The topological polar surface area (TPSA) is 78.1 Å². The summed E-state index contributed by atoms with van der Waals surface area (Å²) in [6.07, 6.45) is 0.433. The standard InChI is InChI=1S/C15H26N4O2/c1-6-19(7-2)13(20)8-9-16-10(3)14-11(4)17-12(5)18-15(14)21/h10,16H,6-9H2,1-5H3,(H,17,18,21). The first-order valence-electron chi connectivity index (χ1n) is 7.49. The fraction of sp³-hybridized carbons (Fsp3) is 0.667. The molecule has 0 saturated heterocycles. The van der Waals surface area contributed by atoms with Gasteiger partial charge in [-0.25, -0.2) is 4.98 Å². The molecule has 0 aliphatic heterocycles. The van der Waals surface area contributed by atoms with Crippen LogP contribution in [0.4, 0.5) is 0 Å². The third-order valence-corrected chi connectivity index (χ3v) is 3.60. The van der Waals surface area contributed by atoms with Gasteiger partial charge in [0.1, 0.15) is 5.82 Å². The summed E-state index contributed by atoms with van der Waals surface area (Å²) < 4.78 is 0. The zero-order chi connectivity index (χ0) is 16.0. The maximum Gasteiger partial charge on any atom is 0.255 e. The van der Waals surface area contributed by atoms with Gasteiger partial charge in [-0.1, -0.05) is 0 Å². The van der Waals surface area contributed by atoms with E-state index < -0.39 is 0 Å². The summed E-state index contributed by atoms with van der Waals surface area (Å²) in [7, 11) is 0. The number of aryl methyl sites for hydroxylation is 2. The molecule has 6 nitrogen and oxygen atoms in total. The van der Waals surface area contributed by atoms with Crippen molar-refractivity contribution < 1.29 is 4.79 Å². The van der Waals surface area contributed by atoms with Crippen molar-refractivity contribution in [1.82, 2.24) is 20.2 Å². The molecule has 0 aromatic carbocycles. The Balaban J connectivity index is 2.61. The average molecular weight is 294 g/mol. The van der Waals surface area contributed by atoms with Crippen LogP contribution in [0, 0.1) is 13.8 Å². The van der Waals surface area contributed by atoms with Crippen LogP contribution in [0.15, 0.2) is 4.79 Å². The first-order chi connectivity index (χ1) is 9.90. The number of nitrogens with one attached hydrogen (secondary N) is 2. The third kappa shape index (κ3) is 4.67. The normalized spacial score (nSPS) is 12.2. The molecular weight excluding hydrogens is 268 g/mol. The van der Waals surface area contributed by atoms with E-state index in [1.165, 1.54) is 0 Å². The van der Waals surface area contributed by atoms with Gasteiger partial charge in [0.25, 0.3) is 5.56 Å². The van der Waals surface area contributed by atoms with Gasteiger partial charge in [0.2, 0.25) is 5.91 Å². The number of hydrogen-bond donors (Lipinski definition) is 2. The maximum absolute atomic E-state index is 12.0. The molecule has 6 heteroatoms. The van der Waals surface area contributed by atoms with E-state index in [2.05, 4.69) is 15.3 Å². The molecule has 0 radical (unpaired) electrons. The quantitative estimate of drug-likeness (QED) is 0.794. The summed E-state index contributed by atoms with van der Waals surface area (Å²) in [6.45, 7) is 11.4. The highest BCUT2D eigenvalue weighted by Gasteiger charge is 2.15. The van der Waals surface area contributed by atoms with E-state index in [0.717, 1.165) is 18.8 Å². The lowest BCUT2D eigenvalue weighted by Gasteiger charge is -2.20. The van der Waals surface area contributed by atoms with Gasteiger partial charge < -0.3 is 15.2 Å². The van der Waals surface area contributed by atoms with E-state index >= 15 is 0 Å². The van der Waals surface area contributed by atoms with Crippen LogP contribution in [0.2, 0.25) is 0 Å². The Bertz CT molecular complexity index is 535. The van der Waals surface area contributed by atoms with E-state index in [1.807, 2.05) is 27.7 Å². The molecule has 0 bridgehead atoms. The van der Waals surface area contributed by atoms with Gasteiger partial charge in [0, 0.05) is 37.8 Å². The molecule has 0 saturated carbocycles. The maximum atomic E-state index is 12.0. The number of carbonyl (C=O) groups is 1. The number of nitrogens with zero attached hydrogens (tertiary/aromatic N) is 2. The smallest absolute Gasteiger partial charge is 0.255 e. The summed E-state index contributed by atoms with van der Waals surface area (Å²) in [5.41, 5.74) is 1.25. The van der Waals surface area contributed by atoms with Crippen LogP contribution >= 0.6 is 0 Å². The molecule has 2 N–H and O–H groups in total. The van der Waals surface area contributed by atoms with Gasteiger partial charge in [0.15, 0.2) is 0 Å². The molecule has 1 heterocycles. The molecule has 1 rings (SSSR count). The SMILES string of the molecule is CCN(CC)C(=O)CCNC(C)c1c(C)nc(C)[nH]c1=O. The second-order valence-corrected chi connectivity index (χ2v) is 5.14. The molecule has 1 amide bonds. The lowest BCUT2D eigenvalue weighted by Crippen LogP contribution is -2.34. The van der Waals surface area contributed by atoms with Crippen molar-refractivity contribution in [3.8, 4) is 0 Å². The van der Waals surface area contributed by atoms with Crippen LogP contribution in [0.5, 0.6) is 0 Å². The molecule has 0 spiro atoms. The second kappa shape index (κ2) is 7.93. The number of aromatic nitrogens is 2. The van der Waals surface area contributed by atoms with Crippen molar-refractivity contribution in [2.24, 2.45) is 0 Å². The number of carbonyl (C=O) groups excluding carboxylic acids is 1. The van der Waals surface area contributed by atoms with Crippen LogP contribution in [0.25, 0.3) is 0 Å². The van der Waals surface area contributed by atoms with E-state index in [-0.39, 0.29) is 17.5 Å². The Morgan fingerprint density at radius 3 is 2.48 bits per heavy atom. The number of H-pyrrole nitrogens is 1. The van der Waals surface area contributed by atoms with Crippen molar-refractivity contribution in [2.45, 2.75) is 47.1 Å². The summed E-state index contributed by atoms with van der Waals surface area (Å²) in [5, 5.41) is 3.23. The highest BCUT2D eigenvalue weighted by atomic mass is 16.2. The minimum atomic E-state index is -0.133. The Morgan fingerprint density at radius 2 is 1.95 bits per heavy atom. The van der Waals surface area contributed by atoms with Gasteiger partial charge >= 0.3 is 0 Å². The molecule has 0 aliphatic carbocycles. The van der Waals surface area contributed by atoms with Gasteiger partial charge in [-0.15, -0.1) is 0 Å². The van der Waals surface area contributed by atoms with Crippen LogP contribution in [-0.2, 0) is 4.79 Å². The average Bonchev–Trinajstić information content (AvgIpc) is 2.38. The highest BCUT2D eigenvalue weighted by molar-refractivity contribution is 5.76. The lowest BCUT2D eigenvalue weighted by molar-refractivity contribution is -0.130. The molecule has 0 aliphatic rings. The molecule has 0 fully saturated rings. The number of hydrogen-bond acceptors (Lipinski definition) is 4.